The molecule has 58 valence electrons. The second-order valence-corrected chi connectivity index (χ2v) is 2.20. The molecule has 0 saturated carbocycles. The van der Waals surface area contributed by atoms with Crippen LogP contribution in [0.4, 0.5) is 0 Å². The van der Waals surface area contributed by atoms with Crippen LogP contribution in [0.25, 0.3) is 0 Å². The van der Waals surface area contributed by atoms with Crippen LogP contribution >= 0.6 is 0 Å². The summed E-state index contributed by atoms with van der Waals surface area (Å²) in [6.07, 6.45) is 5.08. The molecule has 4 nitrogen and oxygen atoms in total. The minimum Gasteiger partial charge on any atom is -0.480 e. The van der Waals surface area contributed by atoms with Crippen LogP contribution < -0.4 is 0 Å². The Morgan fingerprint density at radius 2 is 1.36 bits per heavy atom. The summed E-state index contributed by atoms with van der Waals surface area (Å²) in [6.45, 7) is 0. The van der Waals surface area contributed by atoms with E-state index in [1.807, 2.05) is 0 Å². The van der Waals surface area contributed by atoms with Crippen molar-refractivity contribution in [2.75, 3.05) is 0 Å². The van der Waals surface area contributed by atoms with E-state index in [4.69, 9.17) is 10.2 Å². The molecule has 1 aliphatic carbocycles. The van der Waals surface area contributed by atoms with E-state index in [0.717, 1.165) is 12.2 Å². The summed E-state index contributed by atoms with van der Waals surface area (Å²) >= 11 is 0. The first-order valence-electron chi connectivity index (χ1n) is 2.93. The average molecular weight is 154 g/mol. The Balaban J connectivity index is 3.09. The number of rotatable bonds is 2. The predicted octanol–water partition coefficient (Wildman–Crippen LogP) is 0.268. The van der Waals surface area contributed by atoms with Gasteiger partial charge in [-0.15, -0.1) is 0 Å². The fourth-order valence-electron chi connectivity index (χ4n) is 0.847. The molecule has 2 N–H and O–H groups in total. The van der Waals surface area contributed by atoms with Crippen molar-refractivity contribution in [1.29, 1.82) is 0 Å². The van der Waals surface area contributed by atoms with Gasteiger partial charge in [0.15, 0.2) is 0 Å². The maximum atomic E-state index is 10.5. The predicted molar refractivity (Wildman–Crippen MR) is 36.0 cm³/mol. The Morgan fingerprint density at radius 1 is 1.00 bits per heavy atom. The van der Waals surface area contributed by atoms with E-state index in [1.54, 1.807) is 0 Å². The zero-order valence-corrected chi connectivity index (χ0v) is 5.52. The standard InChI is InChI=1S/C7H6O4/c8-5(9)7(6(10)11)3-1-2-4-7/h1-4H,(H,8,9)(H,10,11). The zero-order valence-electron chi connectivity index (χ0n) is 5.52. The maximum absolute atomic E-state index is 10.5. The Morgan fingerprint density at radius 3 is 1.55 bits per heavy atom. The lowest BCUT2D eigenvalue weighted by Crippen LogP contribution is -2.34. The monoisotopic (exact) mass is 154 g/mol. The van der Waals surface area contributed by atoms with Gasteiger partial charge in [0.25, 0.3) is 0 Å². The third-order valence-corrected chi connectivity index (χ3v) is 1.54. The first-order chi connectivity index (χ1) is 5.09. The molecule has 4 heteroatoms. The summed E-state index contributed by atoms with van der Waals surface area (Å²) in [7, 11) is 0. The van der Waals surface area contributed by atoms with E-state index < -0.39 is 17.4 Å². The van der Waals surface area contributed by atoms with Crippen LogP contribution in [-0.2, 0) is 9.59 Å². The normalized spacial score (nSPS) is 18.5. The number of hydrogen-bond donors (Lipinski definition) is 2. The number of allylic oxidation sites excluding steroid dienone is 2. The van der Waals surface area contributed by atoms with Gasteiger partial charge in [0, 0.05) is 0 Å². The summed E-state index contributed by atoms with van der Waals surface area (Å²) < 4.78 is 0. The molecule has 0 saturated heterocycles. The molecule has 0 fully saturated rings. The van der Waals surface area contributed by atoms with Crippen molar-refractivity contribution in [3.8, 4) is 0 Å². The van der Waals surface area contributed by atoms with Gasteiger partial charge in [-0.2, -0.15) is 0 Å². The van der Waals surface area contributed by atoms with Crippen LogP contribution in [0, 0.1) is 5.41 Å². The maximum Gasteiger partial charge on any atom is 0.328 e. The van der Waals surface area contributed by atoms with E-state index in [2.05, 4.69) is 0 Å². The Kier molecular flexibility index (Phi) is 1.53. The lowest BCUT2D eigenvalue weighted by Gasteiger charge is -2.12. The molecule has 1 rings (SSSR count). The van der Waals surface area contributed by atoms with Crippen molar-refractivity contribution in [3.63, 3.8) is 0 Å². The smallest absolute Gasteiger partial charge is 0.328 e. The van der Waals surface area contributed by atoms with Crippen molar-refractivity contribution in [2.24, 2.45) is 5.41 Å². The summed E-state index contributed by atoms with van der Waals surface area (Å²) in [5.41, 5.74) is -1.83. The minimum atomic E-state index is -1.83. The minimum absolute atomic E-state index is 1.14. The Labute approximate surface area is 62.5 Å². The first-order valence-corrected chi connectivity index (χ1v) is 2.93. The van der Waals surface area contributed by atoms with E-state index in [1.165, 1.54) is 12.2 Å². The van der Waals surface area contributed by atoms with Crippen LogP contribution in [0.2, 0.25) is 0 Å². The second-order valence-electron chi connectivity index (χ2n) is 2.20. The molecule has 11 heavy (non-hydrogen) atoms. The Bertz CT molecular complexity index is 234. The highest BCUT2D eigenvalue weighted by molar-refractivity contribution is 6.03. The molecular formula is C7H6O4. The van der Waals surface area contributed by atoms with Crippen molar-refractivity contribution in [3.05, 3.63) is 24.3 Å². The van der Waals surface area contributed by atoms with E-state index in [9.17, 15) is 9.59 Å². The molecule has 0 spiro atoms. The topological polar surface area (TPSA) is 74.6 Å². The molecule has 0 bridgehead atoms. The van der Waals surface area contributed by atoms with Gasteiger partial charge < -0.3 is 10.2 Å². The molecule has 0 aromatic heterocycles. The molecule has 0 aliphatic heterocycles. The first kappa shape index (κ1) is 7.53. The molecule has 0 aromatic rings. The lowest BCUT2D eigenvalue weighted by atomic mass is 9.91. The third-order valence-electron chi connectivity index (χ3n) is 1.54. The average Bonchev–Trinajstić information content (AvgIpc) is 2.34. The number of carboxylic acid groups (broad SMARTS) is 2. The summed E-state index contributed by atoms with van der Waals surface area (Å²) in [4.78, 5) is 21.0. The van der Waals surface area contributed by atoms with Crippen LogP contribution in [0.5, 0.6) is 0 Å². The molecule has 0 unspecified atom stereocenters. The highest BCUT2D eigenvalue weighted by atomic mass is 16.4. The molecule has 0 radical (unpaired) electrons. The van der Waals surface area contributed by atoms with E-state index in [-0.39, 0.29) is 0 Å². The second kappa shape index (κ2) is 2.23. The number of aliphatic carboxylic acids is 2. The van der Waals surface area contributed by atoms with Crippen molar-refractivity contribution >= 4 is 11.9 Å². The molecule has 0 atom stereocenters. The quantitative estimate of drug-likeness (QED) is 0.560. The number of carbonyl (C=O) groups is 2. The molecule has 0 aromatic carbocycles. The zero-order chi connectivity index (χ0) is 8.48. The van der Waals surface area contributed by atoms with Gasteiger partial charge in [0.2, 0.25) is 5.41 Å². The van der Waals surface area contributed by atoms with Gasteiger partial charge in [-0.3, -0.25) is 9.59 Å². The Hall–Kier alpha value is -1.58. The van der Waals surface area contributed by atoms with Gasteiger partial charge >= 0.3 is 11.9 Å². The number of carboxylic acids is 2. The molecule has 0 amide bonds. The third kappa shape index (κ3) is 0.920. The van der Waals surface area contributed by atoms with Gasteiger partial charge in [-0.25, -0.2) is 0 Å². The van der Waals surface area contributed by atoms with Gasteiger partial charge in [-0.05, 0) is 0 Å². The van der Waals surface area contributed by atoms with Crippen LogP contribution in [-0.4, -0.2) is 22.2 Å². The van der Waals surface area contributed by atoms with Gasteiger partial charge in [0.05, 0.1) is 0 Å². The molecule has 1 aliphatic rings. The fraction of sp³-hybridized carbons (Fsp3) is 0.143. The van der Waals surface area contributed by atoms with E-state index in [0.29, 0.717) is 0 Å². The van der Waals surface area contributed by atoms with Crippen LogP contribution in [0.15, 0.2) is 24.3 Å². The van der Waals surface area contributed by atoms with Crippen molar-refractivity contribution in [1.82, 2.24) is 0 Å². The van der Waals surface area contributed by atoms with Crippen LogP contribution in [0.1, 0.15) is 0 Å². The van der Waals surface area contributed by atoms with Gasteiger partial charge in [0.1, 0.15) is 0 Å². The lowest BCUT2D eigenvalue weighted by molar-refractivity contribution is -0.157. The highest BCUT2D eigenvalue weighted by Gasteiger charge is 2.42. The highest BCUT2D eigenvalue weighted by Crippen LogP contribution is 2.26. The number of hydrogen-bond acceptors (Lipinski definition) is 2. The molecular weight excluding hydrogens is 148 g/mol. The summed E-state index contributed by atoms with van der Waals surface area (Å²) in [5, 5.41) is 17.1. The summed E-state index contributed by atoms with van der Waals surface area (Å²) in [5.74, 6) is -2.73. The SMILES string of the molecule is O=C(O)C1(C(=O)O)C=CC=C1. The van der Waals surface area contributed by atoms with Gasteiger partial charge in [-0.1, -0.05) is 24.3 Å². The largest absolute Gasteiger partial charge is 0.480 e. The molecule has 0 heterocycles. The van der Waals surface area contributed by atoms with Crippen molar-refractivity contribution in [2.45, 2.75) is 0 Å². The fourth-order valence-corrected chi connectivity index (χ4v) is 0.847. The summed E-state index contributed by atoms with van der Waals surface area (Å²) in [6, 6.07) is 0. The van der Waals surface area contributed by atoms with Crippen LogP contribution in [0.3, 0.4) is 0 Å². The van der Waals surface area contributed by atoms with Crippen molar-refractivity contribution < 1.29 is 19.8 Å². The van der Waals surface area contributed by atoms with E-state index >= 15 is 0 Å².